The fraction of sp³-hybridized carbons (Fsp3) is 0.500. The maximum absolute atomic E-state index is 5.63. The first kappa shape index (κ1) is 13.2. The van der Waals surface area contributed by atoms with Gasteiger partial charge in [0.1, 0.15) is 12.2 Å². The standard InChI is InChI=1S/C12H19N5S/c1-9(2)17-12(14-8-15-17)6-11(16-13)5-10-3-4-18-7-10/h3-4,7-9,11,16H,5-6,13H2,1-2H3. The van der Waals surface area contributed by atoms with Crippen molar-refractivity contribution in [3.8, 4) is 0 Å². The van der Waals surface area contributed by atoms with Crippen molar-refractivity contribution in [3.05, 3.63) is 34.5 Å². The Morgan fingerprint density at radius 3 is 2.89 bits per heavy atom. The summed E-state index contributed by atoms with van der Waals surface area (Å²) >= 11 is 1.71. The van der Waals surface area contributed by atoms with Gasteiger partial charge in [0, 0.05) is 18.5 Å². The fourth-order valence-corrected chi connectivity index (χ4v) is 2.64. The number of nitrogens with two attached hydrogens (primary N) is 1. The summed E-state index contributed by atoms with van der Waals surface area (Å²) in [5, 5.41) is 8.47. The van der Waals surface area contributed by atoms with Gasteiger partial charge in [-0.3, -0.25) is 11.3 Å². The van der Waals surface area contributed by atoms with Gasteiger partial charge in [-0.15, -0.1) is 0 Å². The molecule has 0 aliphatic rings. The Morgan fingerprint density at radius 1 is 1.44 bits per heavy atom. The first-order valence-electron chi connectivity index (χ1n) is 6.06. The van der Waals surface area contributed by atoms with Crippen LogP contribution in [-0.2, 0) is 12.8 Å². The lowest BCUT2D eigenvalue weighted by Gasteiger charge is -2.16. The van der Waals surface area contributed by atoms with E-state index >= 15 is 0 Å². The molecule has 0 saturated carbocycles. The van der Waals surface area contributed by atoms with E-state index < -0.39 is 0 Å². The van der Waals surface area contributed by atoms with Crippen molar-refractivity contribution >= 4 is 11.3 Å². The molecule has 0 aliphatic heterocycles. The number of rotatable bonds is 6. The largest absolute Gasteiger partial charge is 0.271 e. The van der Waals surface area contributed by atoms with Crippen molar-refractivity contribution in [1.29, 1.82) is 0 Å². The highest BCUT2D eigenvalue weighted by atomic mass is 32.1. The van der Waals surface area contributed by atoms with Crippen LogP contribution in [0.3, 0.4) is 0 Å². The van der Waals surface area contributed by atoms with Crippen LogP contribution in [0.15, 0.2) is 23.2 Å². The Bertz CT molecular complexity index is 463. The van der Waals surface area contributed by atoms with E-state index in [-0.39, 0.29) is 6.04 Å². The van der Waals surface area contributed by atoms with Gasteiger partial charge < -0.3 is 0 Å². The predicted molar refractivity (Wildman–Crippen MR) is 73.2 cm³/mol. The lowest BCUT2D eigenvalue weighted by molar-refractivity contribution is 0.459. The summed E-state index contributed by atoms with van der Waals surface area (Å²) in [5.74, 6) is 6.60. The summed E-state index contributed by atoms with van der Waals surface area (Å²) in [4.78, 5) is 4.31. The SMILES string of the molecule is CC(C)n1ncnc1CC(Cc1ccsc1)NN. The number of nitrogens with one attached hydrogen (secondary N) is 1. The molecule has 2 aromatic rings. The Kier molecular flexibility index (Phi) is 4.46. The second-order valence-electron chi connectivity index (χ2n) is 4.62. The first-order chi connectivity index (χ1) is 8.70. The van der Waals surface area contributed by atoms with Crippen LogP contribution < -0.4 is 11.3 Å². The van der Waals surface area contributed by atoms with Crippen molar-refractivity contribution in [2.24, 2.45) is 5.84 Å². The lowest BCUT2D eigenvalue weighted by Crippen LogP contribution is -2.39. The number of aromatic nitrogens is 3. The fourth-order valence-electron chi connectivity index (χ4n) is 1.96. The minimum Gasteiger partial charge on any atom is -0.271 e. The van der Waals surface area contributed by atoms with E-state index in [9.17, 15) is 0 Å². The van der Waals surface area contributed by atoms with E-state index in [1.54, 1.807) is 17.7 Å². The summed E-state index contributed by atoms with van der Waals surface area (Å²) in [6.45, 7) is 4.20. The highest BCUT2D eigenvalue weighted by Gasteiger charge is 2.14. The molecular formula is C12H19N5S. The van der Waals surface area contributed by atoms with Gasteiger partial charge in [0.2, 0.25) is 0 Å². The van der Waals surface area contributed by atoms with Crippen LogP contribution in [0.5, 0.6) is 0 Å². The lowest BCUT2D eigenvalue weighted by atomic mass is 10.1. The average Bonchev–Trinajstić information content (AvgIpc) is 2.98. The molecule has 6 heteroatoms. The number of hydrazine groups is 1. The maximum Gasteiger partial charge on any atom is 0.138 e. The van der Waals surface area contributed by atoms with Crippen molar-refractivity contribution in [1.82, 2.24) is 20.2 Å². The van der Waals surface area contributed by atoms with Crippen LogP contribution in [0, 0.1) is 0 Å². The molecular weight excluding hydrogens is 246 g/mol. The van der Waals surface area contributed by atoms with E-state index in [1.165, 1.54) is 5.56 Å². The maximum atomic E-state index is 5.63. The Balaban J connectivity index is 2.03. The normalized spacial score (nSPS) is 13.1. The smallest absolute Gasteiger partial charge is 0.138 e. The third-order valence-corrected chi connectivity index (χ3v) is 3.60. The Labute approximate surface area is 111 Å². The molecule has 0 spiro atoms. The molecule has 0 radical (unpaired) electrons. The van der Waals surface area contributed by atoms with Gasteiger partial charge in [-0.05, 0) is 42.7 Å². The second kappa shape index (κ2) is 6.08. The van der Waals surface area contributed by atoms with Gasteiger partial charge >= 0.3 is 0 Å². The Morgan fingerprint density at radius 2 is 2.28 bits per heavy atom. The predicted octanol–water partition coefficient (Wildman–Crippen LogP) is 1.54. The highest BCUT2D eigenvalue weighted by Crippen LogP contribution is 2.12. The molecule has 2 rings (SSSR count). The van der Waals surface area contributed by atoms with Gasteiger partial charge in [0.15, 0.2) is 0 Å². The average molecular weight is 265 g/mol. The quantitative estimate of drug-likeness (QED) is 0.614. The van der Waals surface area contributed by atoms with Gasteiger partial charge in [0.05, 0.1) is 0 Å². The molecule has 5 nitrogen and oxygen atoms in total. The second-order valence-corrected chi connectivity index (χ2v) is 5.40. The molecule has 98 valence electrons. The topological polar surface area (TPSA) is 68.8 Å². The zero-order valence-corrected chi connectivity index (χ0v) is 11.5. The van der Waals surface area contributed by atoms with Crippen LogP contribution in [0.2, 0.25) is 0 Å². The number of hydrogen-bond donors (Lipinski definition) is 2. The van der Waals surface area contributed by atoms with Crippen molar-refractivity contribution in [2.45, 2.75) is 38.8 Å². The molecule has 0 aliphatic carbocycles. The summed E-state index contributed by atoms with van der Waals surface area (Å²) in [6, 6.07) is 2.63. The number of hydrogen-bond acceptors (Lipinski definition) is 5. The van der Waals surface area contributed by atoms with Gasteiger partial charge in [-0.2, -0.15) is 16.4 Å². The monoisotopic (exact) mass is 265 g/mol. The molecule has 1 unspecified atom stereocenters. The zero-order valence-electron chi connectivity index (χ0n) is 10.7. The molecule has 0 amide bonds. The van der Waals surface area contributed by atoms with Crippen molar-refractivity contribution in [2.75, 3.05) is 0 Å². The van der Waals surface area contributed by atoms with Gasteiger partial charge in [-0.25, -0.2) is 9.67 Å². The number of thiophene rings is 1. The Hall–Kier alpha value is -1.24. The van der Waals surface area contributed by atoms with Gasteiger partial charge in [-0.1, -0.05) is 0 Å². The summed E-state index contributed by atoms with van der Waals surface area (Å²) in [5.41, 5.74) is 4.17. The molecule has 2 aromatic heterocycles. The molecule has 3 N–H and O–H groups in total. The van der Waals surface area contributed by atoms with Crippen LogP contribution in [0.4, 0.5) is 0 Å². The van der Waals surface area contributed by atoms with Crippen LogP contribution >= 0.6 is 11.3 Å². The van der Waals surface area contributed by atoms with E-state index in [1.807, 2.05) is 4.68 Å². The molecule has 2 heterocycles. The third kappa shape index (κ3) is 3.16. The van der Waals surface area contributed by atoms with E-state index in [0.29, 0.717) is 6.04 Å². The summed E-state index contributed by atoms with van der Waals surface area (Å²) < 4.78 is 1.94. The third-order valence-electron chi connectivity index (χ3n) is 2.86. The molecule has 18 heavy (non-hydrogen) atoms. The van der Waals surface area contributed by atoms with Crippen molar-refractivity contribution < 1.29 is 0 Å². The van der Waals surface area contributed by atoms with Crippen LogP contribution in [0.25, 0.3) is 0 Å². The van der Waals surface area contributed by atoms with Crippen LogP contribution in [0.1, 0.15) is 31.3 Å². The molecule has 0 aromatic carbocycles. The summed E-state index contributed by atoms with van der Waals surface area (Å²) in [6.07, 6.45) is 3.29. The molecule has 1 atom stereocenters. The molecule has 0 fully saturated rings. The van der Waals surface area contributed by atoms with Crippen LogP contribution in [-0.4, -0.2) is 20.8 Å². The zero-order chi connectivity index (χ0) is 13.0. The van der Waals surface area contributed by atoms with E-state index in [2.05, 4.69) is 46.2 Å². The molecule has 0 bridgehead atoms. The first-order valence-corrected chi connectivity index (χ1v) is 7.00. The molecule has 0 saturated heterocycles. The summed E-state index contributed by atoms with van der Waals surface area (Å²) in [7, 11) is 0. The van der Waals surface area contributed by atoms with E-state index in [0.717, 1.165) is 18.7 Å². The highest BCUT2D eigenvalue weighted by molar-refractivity contribution is 7.07. The van der Waals surface area contributed by atoms with Crippen molar-refractivity contribution in [3.63, 3.8) is 0 Å². The number of nitrogens with zero attached hydrogens (tertiary/aromatic N) is 3. The van der Waals surface area contributed by atoms with Gasteiger partial charge in [0.25, 0.3) is 0 Å². The minimum absolute atomic E-state index is 0.182. The van der Waals surface area contributed by atoms with E-state index in [4.69, 9.17) is 5.84 Å². The minimum atomic E-state index is 0.182.